The lowest BCUT2D eigenvalue weighted by molar-refractivity contribution is -0.133. The maximum Gasteiger partial charge on any atom is 0.230 e. The van der Waals surface area contributed by atoms with Crippen molar-refractivity contribution in [2.75, 3.05) is 38.2 Å². The predicted octanol–water partition coefficient (Wildman–Crippen LogP) is 4.54. The molecule has 0 saturated carbocycles. The van der Waals surface area contributed by atoms with Crippen molar-refractivity contribution in [3.63, 3.8) is 0 Å². The number of benzene rings is 2. The zero-order valence-electron chi connectivity index (χ0n) is 20.6. The van der Waals surface area contributed by atoms with Gasteiger partial charge in [-0.15, -0.1) is 0 Å². The van der Waals surface area contributed by atoms with E-state index in [9.17, 15) is 4.79 Å². The molecule has 0 radical (unpaired) electrons. The summed E-state index contributed by atoms with van der Waals surface area (Å²) in [4.78, 5) is 27.1. The lowest BCUT2D eigenvalue weighted by Crippen LogP contribution is -2.50. The molecular formula is C28H34N4O2. The summed E-state index contributed by atoms with van der Waals surface area (Å²) in [5.74, 6) is 2.74. The van der Waals surface area contributed by atoms with Gasteiger partial charge in [0.2, 0.25) is 5.91 Å². The van der Waals surface area contributed by atoms with Crippen LogP contribution in [0, 0.1) is 13.8 Å². The van der Waals surface area contributed by atoms with Crippen molar-refractivity contribution in [2.45, 2.75) is 39.5 Å². The van der Waals surface area contributed by atoms with Gasteiger partial charge in [-0.25, -0.2) is 9.97 Å². The normalized spacial score (nSPS) is 14.7. The Labute approximate surface area is 202 Å². The van der Waals surface area contributed by atoms with Crippen LogP contribution in [0.25, 0.3) is 0 Å². The number of methoxy groups -OCH3 is 1. The lowest BCUT2D eigenvalue weighted by atomic mass is 9.94. The SMILES string of the molecule is CCC(C(=O)N1CCN(c2nc(C)nc(C)c2Cc2cccc(OC)c2)CC1)c1ccccc1. The number of carbonyl (C=O) groups excluding carboxylic acids is 1. The van der Waals surface area contributed by atoms with E-state index in [1.165, 1.54) is 5.56 Å². The first-order valence-electron chi connectivity index (χ1n) is 12.1. The third-order valence-electron chi connectivity index (χ3n) is 6.62. The third-order valence-corrected chi connectivity index (χ3v) is 6.62. The first-order valence-corrected chi connectivity index (χ1v) is 12.1. The van der Waals surface area contributed by atoms with Gasteiger partial charge in [-0.05, 0) is 43.5 Å². The molecule has 2 aromatic carbocycles. The minimum Gasteiger partial charge on any atom is -0.497 e. The van der Waals surface area contributed by atoms with Crippen LogP contribution in [0.15, 0.2) is 54.6 Å². The van der Waals surface area contributed by atoms with Gasteiger partial charge in [-0.1, -0.05) is 49.4 Å². The van der Waals surface area contributed by atoms with Crippen molar-refractivity contribution in [1.29, 1.82) is 0 Å². The van der Waals surface area contributed by atoms with Crippen molar-refractivity contribution in [2.24, 2.45) is 0 Å². The van der Waals surface area contributed by atoms with Gasteiger partial charge < -0.3 is 14.5 Å². The molecule has 178 valence electrons. The maximum atomic E-state index is 13.3. The number of carbonyl (C=O) groups is 1. The molecule has 6 nitrogen and oxygen atoms in total. The lowest BCUT2D eigenvalue weighted by Gasteiger charge is -2.38. The summed E-state index contributed by atoms with van der Waals surface area (Å²) in [5.41, 5.74) is 4.40. The van der Waals surface area contributed by atoms with E-state index in [0.717, 1.165) is 60.1 Å². The molecule has 4 rings (SSSR count). The molecule has 0 spiro atoms. The van der Waals surface area contributed by atoms with Gasteiger partial charge in [0.05, 0.1) is 13.0 Å². The molecule has 1 atom stereocenters. The molecule has 1 saturated heterocycles. The summed E-state index contributed by atoms with van der Waals surface area (Å²) >= 11 is 0. The highest BCUT2D eigenvalue weighted by molar-refractivity contribution is 5.84. The van der Waals surface area contributed by atoms with Gasteiger partial charge in [0.15, 0.2) is 0 Å². The van der Waals surface area contributed by atoms with Crippen LogP contribution in [0.2, 0.25) is 0 Å². The second kappa shape index (κ2) is 10.7. The van der Waals surface area contributed by atoms with Crippen LogP contribution in [0.4, 0.5) is 5.82 Å². The summed E-state index contributed by atoms with van der Waals surface area (Å²) in [6.07, 6.45) is 1.54. The van der Waals surface area contributed by atoms with E-state index in [4.69, 9.17) is 9.72 Å². The van der Waals surface area contributed by atoms with E-state index in [1.807, 2.05) is 42.2 Å². The summed E-state index contributed by atoms with van der Waals surface area (Å²) < 4.78 is 5.40. The highest BCUT2D eigenvalue weighted by Crippen LogP contribution is 2.28. The summed E-state index contributed by atoms with van der Waals surface area (Å²) in [7, 11) is 1.69. The Morgan fingerprint density at radius 3 is 2.41 bits per heavy atom. The average Bonchev–Trinajstić information content (AvgIpc) is 2.87. The summed E-state index contributed by atoms with van der Waals surface area (Å²) in [6, 6.07) is 18.3. The van der Waals surface area contributed by atoms with Crippen molar-refractivity contribution in [1.82, 2.24) is 14.9 Å². The number of anilines is 1. The number of hydrogen-bond donors (Lipinski definition) is 0. The minimum absolute atomic E-state index is 0.0834. The third kappa shape index (κ3) is 5.22. The minimum atomic E-state index is -0.0834. The van der Waals surface area contributed by atoms with Crippen LogP contribution in [0.5, 0.6) is 5.75 Å². The van der Waals surface area contributed by atoms with Crippen LogP contribution in [0.1, 0.15) is 47.5 Å². The number of ether oxygens (including phenoxy) is 1. The standard InChI is InChI=1S/C28H34N4O2/c1-5-25(23-11-7-6-8-12-23)28(33)32-16-14-31(15-17-32)27-26(20(2)29-21(3)30-27)19-22-10-9-13-24(18-22)34-4/h6-13,18,25H,5,14-17,19H2,1-4H3. The van der Waals surface area contributed by atoms with Crippen LogP contribution in [0.3, 0.4) is 0 Å². The molecular weight excluding hydrogens is 424 g/mol. The molecule has 3 aromatic rings. The first kappa shape index (κ1) is 23.7. The highest BCUT2D eigenvalue weighted by Gasteiger charge is 2.29. The molecule has 34 heavy (non-hydrogen) atoms. The number of piperazine rings is 1. The average molecular weight is 459 g/mol. The predicted molar refractivity (Wildman–Crippen MR) is 136 cm³/mol. The fourth-order valence-corrected chi connectivity index (χ4v) is 4.77. The van der Waals surface area contributed by atoms with E-state index in [1.54, 1.807) is 7.11 Å². The molecule has 0 aliphatic carbocycles. The molecule has 1 fully saturated rings. The smallest absolute Gasteiger partial charge is 0.230 e. The van der Waals surface area contributed by atoms with E-state index in [-0.39, 0.29) is 11.8 Å². The van der Waals surface area contributed by atoms with Crippen LogP contribution >= 0.6 is 0 Å². The van der Waals surface area contributed by atoms with E-state index in [2.05, 4.69) is 48.0 Å². The number of amides is 1. The monoisotopic (exact) mass is 458 g/mol. The van der Waals surface area contributed by atoms with Crippen molar-refractivity contribution in [3.8, 4) is 5.75 Å². The van der Waals surface area contributed by atoms with Crippen LogP contribution < -0.4 is 9.64 Å². The Hall–Kier alpha value is -3.41. The number of aryl methyl sites for hydroxylation is 2. The quantitative estimate of drug-likeness (QED) is 0.520. The molecule has 1 aromatic heterocycles. The zero-order chi connectivity index (χ0) is 24.1. The molecule has 0 N–H and O–H groups in total. The zero-order valence-corrected chi connectivity index (χ0v) is 20.6. The topological polar surface area (TPSA) is 58.6 Å². The van der Waals surface area contributed by atoms with Gasteiger partial charge in [0.25, 0.3) is 0 Å². The Morgan fingerprint density at radius 1 is 1.00 bits per heavy atom. The molecule has 6 heteroatoms. The molecule has 2 heterocycles. The van der Waals surface area contributed by atoms with Gasteiger partial charge in [0, 0.05) is 43.9 Å². The number of rotatable bonds is 7. The van der Waals surface area contributed by atoms with E-state index < -0.39 is 0 Å². The van der Waals surface area contributed by atoms with Gasteiger partial charge in [-0.2, -0.15) is 0 Å². The highest BCUT2D eigenvalue weighted by atomic mass is 16.5. The van der Waals surface area contributed by atoms with Crippen LogP contribution in [-0.2, 0) is 11.2 Å². The fraction of sp³-hybridized carbons (Fsp3) is 0.393. The summed E-state index contributed by atoms with van der Waals surface area (Å²) in [6.45, 7) is 9.00. The van der Waals surface area contributed by atoms with Gasteiger partial charge in [-0.3, -0.25) is 4.79 Å². The largest absolute Gasteiger partial charge is 0.497 e. The number of nitrogens with zero attached hydrogens (tertiary/aromatic N) is 4. The molecule has 1 amide bonds. The molecule has 1 aliphatic heterocycles. The molecule has 0 bridgehead atoms. The second-order valence-electron chi connectivity index (χ2n) is 8.87. The second-order valence-corrected chi connectivity index (χ2v) is 8.87. The first-order chi connectivity index (χ1) is 16.5. The Kier molecular flexibility index (Phi) is 7.46. The number of aromatic nitrogens is 2. The van der Waals surface area contributed by atoms with Crippen molar-refractivity contribution in [3.05, 3.63) is 82.8 Å². The molecule has 1 aliphatic rings. The maximum absolute atomic E-state index is 13.3. The van der Waals surface area contributed by atoms with Gasteiger partial charge >= 0.3 is 0 Å². The van der Waals surface area contributed by atoms with Crippen molar-refractivity contribution < 1.29 is 9.53 Å². The Balaban J connectivity index is 1.51. The molecule has 1 unspecified atom stereocenters. The fourth-order valence-electron chi connectivity index (χ4n) is 4.77. The van der Waals surface area contributed by atoms with Gasteiger partial charge in [0.1, 0.15) is 17.4 Å². The Morgan fingerprint density at radius 2 is 1.74 bits per heavy atom. The summed E-state index contributed by atoms with van der Waals surface area (Å²) in [5, 5.41) is 0. The van der Waals surface area contributed by atoms with Crippen molar-refractivity contribution >= 4 is 11.7 Å². The Bertz CT molecular complexity index is 1120. The number of hydrogen-bond acceptors (Lipinski definition) is 5. The van der Waals surface area contributed by atoms with Crippen LogP contribution in [-0.4, -0.2) is 54.1 Å². The van der Waals surface area contributed by atoms with E-state index in [0.29, 0.717) is 13.1 Å². The van der Waals surface area contributed by atoms with E-state index >= 15 is 0 Å².